The Morgan fingerprint density at radius 1 is 1.06 bits per heavy atom. The van der Waals surface area contributed by atoms with E-state index in [-0.39, 0.29) is 11.7 Å². The van der Waals surface area contributed by atoms with Gasteiger partial charge in [-0.15, -0.1) is 0 Å². The number of para-hydroxylation sites is 1. The van der Waals surface area contributed by atoms with Crippen molar-refractivity contribution in [2.45, 2.75) is 32.2 Å². The number of pyridine rings is 1. The van der Waals surface area contributed by atoms with Crippen LogP contribution in [0.3, 0.4) is 0 Å². The molecule has 0 aliphatic heterocycles. The highest BCUT2D eigenvalue weighted by Gasteiger charge is 2.14. The second-order valence-electron chi connectivity index (χ2n) is 7.45. The van der Waals surface area contributed by atoms with Crippen molar-refractivity contribution < 1.29 is 14.5 Å². The molecule has 0 atom stereocenters. The summed E-state index contributed by atoms with van der Waals surface area (Å²) in [4.78, 5) is 11.7. The Balaban J connectivity index is 1.73. The van der Waals surface area contributed by atoms with Gasteiger partial charge in [0.25, 0.3) is 0 Å². The van der Waals surface area contributed by atoms with Crippen LogP contribution in [-0.2, 0) is 11.3 Å². The number of nitrogens with one attached hydrogen (secondary N) is 1. The number of aryl methyl sites for hydroxylation is 1. The van der Waals surface area contributed by atoms with E-state index in [4.69, 9.17) is 5.73 Å². The van der Waals surface area contributed by atoms with Crippen molar-refractivity contribution in [1.82, 2.24) is 5.32 Å². The maximum absolute atomic E-state index is 11.7. The number of rotatable bonds is 10. The van der Waals surface area contributed by atoms with Crippen LogP contribution in [0.25, 0.3) is 23.1 Å². The molecule has 5 nitrogen and oxygen atoms in total. The second kappa shape index (κ2) is 11.8. The summed E-state index contributed by atoms with van der Waals surface area (Å²) in [5.41, 5.74) is 8.48. The molecule has 0 aliphatic carbocycles. The number of carbonyl (C=O) groups excluding carboxylic acids is 1. The molecule has 1 heterocycles. The number of aromatic hydroxyl groups is 1. The van der Waals surface area contributed by atoms with Crippen molar-refractivity contribution in [2.24, 2.45) is 5.73 Å². The lowest BCUT2D eigenvalue weighted by atomic mass is 10.1. The standard InChI is InChI=1S/C25H28IN3O2/c26-21-11-14-24(30)20(18-21)10-13-22-12-9-19-6-3-4-7-23(19)29(22)17-5-1-2-8-25(31)28-16-15-27/h3-4,6-7,9-14,18H,1-2,5,8,15-17,27H2,(H,28,31)/p+1. The van der Waals surface area contributed by atoms with Crippen molar-refractivity contribution >= 4 is 51.6 Å². The van der Waals surface area contributed by atoms with Gasteiger partial charge in [0.05, 0.1) is 0 Å². The molecule has 0 unspecified atom stereocenters. The van der Waals surface area contributed by atoms with Crippen molar-refractivity contribution in [1.29, 1.82) is 0 Å². The monoisotopic (exact) mass is 530 g/mol. The Morgan fingerprint density at radius 3 is 2.74 bits per heavy atom. The van der Waals surface area contributed by atoms with E-state index in [1.165, 1.54) is 10.9 Å². The molecular formula is C25H29IN3O2+. The lowest BCUT2D eigenvalue weighted by molar-refractivity contribution is -0.673. The minimum absolute atomic E-state index is 0.0733. The van der Waals surface area contributed by atoms with E-state index in [1.54, 1.807) is 6.07 Å². The summed E-state index contributed by atoms with van der Waals surface area (Å²) in [7, 11) is 0. The van der Waals surface area contributed by atoms with Crippen molar-refractivity contribution in [3.05, 3.63) is 69.4 Å². The number of phenolic OH excluding ortho intramolecular Hbond substituents is 1. The number of halogens is 1. The normalized spacial score (nSPS) is 11.3. The summed E-state index contributed by atoms with van der Waals surface area (Å²) in [6.45, 7) is 1.87. The minimum atomic E-state index is 0.0733. The first-order valence-electron chi connectivity index (χ1n) is 10.6. The lowest BCUT2D eigenvalue weighted by Crippen LogP contribution is -2.38. The van der Waals surface area contributed by atoms with Gasteiger partial charge < -0.3 is 16.2 Å². The number of hydrogen-bond acceptors (Lipinski definition) is 3. The van der Waals surface area contributed by atoms with Crippen molar-refractivity contribution in [3.8, 4) is 5.75 Å². The Kier molecular flexibility index (Phi) is 8.85. The molecule has 4 N–H and O–H groups in total. The highest BCUT2D eigenvalue weighted by Crippen LogP contribution is 2.22. The third kappa shape index (κ3) is 6.77. The highest BCUT2D eigenvalue weighted by atomic mass is 127. The highest BCUT2D eigenvalue weighted by molar-refractivity contribution is 14.1. The van der Waals surface area contributed by atoms with Gasteiger partial charge in [-0.25, -0.2) is 0 Å². The van der Waals surface area contributed by atoms with Crippen LogP contribution in [0.2, 0.25) is 0 Å². The van der Waals surface area contributed by atoms with Gasteiger partial charge >= 0.3 is 0 Å². The zero-order valence-corrected chi connectivity index (χ0v) is 19.7. The molecule has 3 rings (SSSR count). The molecule has 31 heavy (non-hydrogen) atoms. The zero-order valence-electron chi connectivity index (χ0n) is 17.6. The van der Waals surface area contributed by atoms with Crippen LogP contribution in [0.1, 0.15) is 36.9 Å². The van der Waals surface area contributed by atoms with Gasteiger partial charge in [-0.3, -0.25) is 4.79 Å². The quantitative estimate of drug-likeness (QED) is 0.209. The van der Waals surface area contributed by atoms with E-state index < -0.39 is 0 Å². The van der Waals surface area contributed by atoms with Crippen LogP contribution in [0.15, 0.2) is 54.6 Å². The van der Waals surface area contributed by atoms with Gasteiger partial charge in [0.2, 0.25) is 17.1 Å². The molecule has 0 saturated carbocycles. The summed E-state index contributed by atoms with van der Waals surface area (Å²) >= 11 is 2.25. The third-order valence-corrected chi connectivity index (χ3v) is 5.82. The van der Waals surface area contributed by atoms with E-state index in [0.29, 0.717) is 19.5 Å². The number of nitrogens with zero attached hydrogens (tertiary/aromatic N) is 1. The first kappa shape index (κ1) is 23.2. The molecular weight excluding hydrogens is 501 g/mol. The fourth-order valence-electron chi connectivity index (χ4n) is 3.54. The lowest BCUT2D eigenvalue weighted by Gasteiger charge is -2.06. The maximum atomic E-state index is 11.7. The Bertz CT molecular complexity index is 1070. The van der Waals surface area contributed by atoms with Crippen LogP contribution >= 0.6 is 22.6 Å². The summed E-state index contributed by atoms with van der Waals surface area (Å²) in [5.74, 6) is 0.348. The third-order valence-electron chi connectivity index (χ3n) is 5.15. The Labute approximate surface area is 197 Å². The van der Waals surface area contributed by atoms with Crippen molar-refractivity contribution in [3.63, 3.8) is 0 Å². The van der Waals surface area contributed by atoms with Crippen LogP contribution in [0, 0.1) is 3.57 Å². The number of hydrogen-bond donors (Lipinski definition) is 3. The molecule has 2 aromatic carbocycles. The van der Waals surface area contributed by atoms with Crippen LogP contribution in [0.5, 0.6) is 5.75 Å². The summed E-state index contributed by atoms with van der Waals surface area (Å²) in [5, 5.41) is 14.2. The Morgan fingerprint density at radius 2 is 1.90 bits per heavy atom. The summed E-state index contributed by atoms with van der Waals surface area (Å²) < 4.78 is 3.39. The number of carbonyl (C=O) groups is 1. The molecule has 3 aromatic rings. The second-order valence-corrected chi connectivity index (χ2v) is 8.70. The largest absolute Gasteiger partial charge is 0.507 e. The molecule has 0 fully saturated rings. The molecule has 1 amide bonds. The van der Waals surface area contributed by atoms with E-state index in [2.05, 4.69) is 68.9 Å². The maximum Gasteiger partial charge on any atom is 0.220 e. The number of nitrogens with two attached hydrogens (primary N) is 1. The smallest absolute Gasteiger partial charge is 0.220 e. The number of amides is 1. The van der Waals surface area contributed by atoms with Gasteiger partial charge in [0, 0.05) is 58.7 Å². The van der Waals surface area contributed by atoms with Crippen LogP contribution in [0.4, 0.5) is 0 Å². The topological polar surface area (TPSA) is 79.2 Å². The number of unbranched alkanes of at least 4 members (excludes halogenated alkanes) is 2. The SMILES string of the molecule is NCCNC(=O)CCCCC[n+]1c(/C=C/c2cc(I)ccc2O)ccc2ccccc21. The molecule has 6 heteroatoms. The van der Waals surface area contributed by atoms with Crippen LogP contribution in [-0.4, -0.2) is 24.1 Å². The minimum Gasteiger partial charge on any atom is -0.507 e. The predicted molar refractivity (Wildman–Crippen MR) is 134 cm³/mol. The average molecular weight is 530 g/mol. The number of benzene rings is 2. The molecule has 1 aromatic heterocycles. The van der Waals surface area contributed by atoms with Gasteiger partial charge in [-0.05, 0) is 71.8 Å². The molecule has 0 bridgehead atoms. The van der Waals surface area contributed by atoms with E-state index in [9.17, 15) is 9.90 Å². The molecule has 0 spiro atoms. The zero-order chi connectivity index (χ0) is 22.1. The van der Waals surface area contributed by atoms with E-state index in [1.807, 2.05) is 24.3 Å². The molecule has 0 saturated heterocycles. The fraction of sp³-hybridized carbons (Fsp3) is 0.280. The van der Waals surface area contributed by atoms with E-state index in [0.717, 1.165) is 40.6 Å². The van der Waals surface area contributed by atoms with E-state index >= 15 is 0 Å². The summed E-state index contributed by atoms with van der Waals surface area (Å²) in [6.07, 6.45) is 7.38. The first-order chi connectivity index (χ1) is 15.1. The molecule has 0 aliphatic rings. The number of aromatic nitrogens is 1. The predicted octanol–water partition coefficient (Wildman–Crippen LogP) is 4.24. The average Bonchev–Trinajstić information content (AvgIpc) is 2.78. The fourth-order valence-corrected chi connectivity index (χ4v) is 4.06. The summed E-state index contributed by atoms with van der Waals surface area (Å²) in [6, 6.07) is 18.2. The van der Waals surface area contributed by atoms with Crippen LogP contribution < -0.4 is 15.6 Å². The van der Waals surface area contributed by atoms with Crippen molar-refractivity contribution in [2.75, 3.05) is 13.1 Å². The number of fused-ring (bicyclic) bond motifs is 1. The molecule has 162 valence electrons. The Hall–Kier alpha value is -2.45. The van der Waals surface area contributed by atoms with Gasteiger partial charge in [0.15, 0.2) is 0 Å². The molecule has 0 radical (unpaired) electrons. The first-order valence-corrected chi connectivity index (χ1v) is 11.7. The van der Waals surface area contributed by atoms with Gasteiger partial charge in [-0.2, -0.15) is 4.57 Å². The van der Waals surface area contributed by atoms with Gasteiger partial charge in [-0.1, -0.05) is 12.1 Å². The van der Waals surface area contributed by atoms with Gasteiger partial charge in [0.1, 0.15) is 12.3 Å². The number of phenols is 1.